The molecule has 1 aliphatic rings. The van der Waals surface area contributed by atoms with Crippen molar-refractivity contribution >= 4 is 23.2 Å². The normalized spacial score (nSPS) is 14.8. The lowest BCUT2D eigenvalue weighted by Gasteiger charge is -1.98. The highest BCUT2D eigenvalue weighted by Crippen LogP contribution is 2.30. The third-order valence-corrected chi connectivity index (χ3v) is 1.98. The quantitative estimate of drug-likeness (QED) is 0.615. The van der Waals surface area contributed by atoms with Crippen molar-refractivity contribution in [2.75, 3.05) is 0 Å². The lowest BCUT2D eigenvalue weighted by molar-refractivity contribution is 0.539. The zero-order valence-corrected chi connectivity index (χ0v) is 8.53. The van der Waals surface area contributed by atoms with Gasteiger partial charge < -0.3 is 4.74 Å². The summed E-state index contributed by atoms with van der Waals surface area (Å²) in [5, 5.41) is 0. The van der Waals surface area contributed by atoms with E-state index in [1.807, 2.05) is 39.0 Å². The van der Waals surface area contributed by atoms with Crippen LogP contribution in [0.1, 0.15) is 19.4 Å². The Kier molecular flexibility index (Phi) is 2.08. The first-order valence-electron chi connectivity index (χ1n) is 4.54. The van der Waals surface area contributed by atoms with Crippen molar-refractivity contribution in [3.8, 4) is 0 Å². The van der Waals surface area contributed by atoms with E-state index in [0.717, 1.165) is 11.4 Å². The maximum atomic E-state index is 5.33. The van der Waals surface area contributed by atoms with E-state index in [2.05, 4.69) is 9.98 Å². The average Bonchev–Trinajstić information content (AvgIpc) is 2.21. The molecule has 3 heteroatoms. The molecule has 1 aromatic rings. The maximum absolute atomic E-state index is 5.33. The molecule has 0 fully saturated rings. The molecule has 0 radical (unpaired) electrons. The molecular weight excluding hydrogens is 176 g/mol. The van der Waals surface area contributed by atoms with Crippen LogP contribution < -0.4 is 0 Å². The van der Waals surface area contributed by atoms with Gasteiger partial charge in [-0.3, -0.25) is 0 Å². The molecule has 1 aromatic carbocycles. The van der Waals surface area contributed by atoms with Gasteiger partial charge in [0, 0.05) is 13.8 Å². The van der Waals surface area contributed by atoms with Crippen molar-refractivity contribution in [2.24, 2.45) is 9.98 Å². The summed E-state index contributed by atoms with van der Waals surface area (Å²) < 4.78 is 5.33. The summed E-state index contributed by atoms with van der Waals surface area (Å²) in [7, 11) is 0. The summed E-state index contributed by atoms with van der Waals surface area (Å²) in [6.07, 6.45) is 0. The van der Waals surface area contributed by atoms with Crippen LogP contribution in [0.4, 0.5) is 11.4 Å². The highest BCUT2D eigenvalue weighted by molar-refractivity contribution is 5.95. The van der Waals surface area contributed by atoms with Crippen molar-refractivity contribution in [2.45, 2.75) is 20.8 Å². The molecule has 0 bridgehead atoms. The monoisotopic (exact) mass is 188 g/mol. The second kappa shape index (κ2) is 3.25. The highest BCUT2D eigenvalue weighted by Gasteiger charge is 2.08. The SMILES string of the molecule is CC1=Nc2ccc(C)cc2N=C(C)O1. The minimum absolute atomic E-state index is 0.633. The molecular formula is C11H12N2O. The van der Waals surface area contributed by atoms with Crippen LogP contribution in [0.3, 0.4) is 0 Å². The molecule has 2 rings (SSSR count). The lowest BCUT2D eigenvalue weighted by atomic mass is 10.2. The van der Waals surface area contributed by atoms with Crippen LogP contribution in [-0.4, -0.2) is 11.8 Å². The predicted octanol–water partition coefficient (Wildman–Crippen LogP) is 3.13. The van der Waals surface area contributed by atoms with E-state index in [0.29, 0.717) is 11.8 Å². The molecule has 0 saturated carbocycles. The zero-order chi connectivity index (χ0) is 10.1. The molecule has 0 unspecified atom stereocenters. The molecule has 14 heavy (non-hydrogen) atoms. The Morgan fingerprint density at radius 3 is 2.29 bits per heavy atom. The number of hydrogen-bond donors (Lipinski definition) is 0. The van der Waals surface area contributed by atoms with E-state index in [4.69, 9.17) is 4.74 Å². The molecule has 0 spiro atoms. The molecule has 0 N–H and O–H groups in total. The Labute approximate surface area is 83.2 Å². The molecule has 1 heterocycles. The number of hydrogen-bond acceptors (Lipinski definition) is 3. The Bertz CT molecular complexity index is 433. The van der Waals surface area contributed by atoms with E-state index >= 15 is 0 Å². The second-order valence-corrected chi connectivity index (χ2v) is 3.36. The van der Waals surface area contributed by atoms with Gasteiger partial charge in [0.05, 0.1) is 11.4 Å². The van der Waals surface area contributed by atoms with Crippen LogP contribution in [0.25, 0.3) is 0 Å². The summed E-state index contributed by atoms with van der Waals surface area (Å²) in [5.74, 6) is 1.27. The van der Waals surface area contributed by atoms with E-state index in [1.165, 1.54) is 5.56 Å². The van der Waals surface area contributed by atoms with Gasteiger partial charge in [0.15, 0.2) is 11.8 Å². The molecule has 1 aliphatic heterocycles. The van der Waals surface area contributed by atoms with Crippen molar-refractivity contribution in [3.63, 3.8) is 0 Å². The van der Waals surface area contributed by atoms with Crippen LogP contribution in [0.15, 0.2) is 28.2 Å². The Hall–Kier alpha value is -1.64. The van der Waals surface area contributed by atoms with Gasteiger partial charge in [-0.05, 0) is 24.6 Å². The fourth-order valence-electron chi connectivity index (χ4n) is 1.42. The van der Waals surface area contributed by atoms with Gasteiger partial charge in [0.25, 0.3) is 0 Å². The van der Waals surface area contributed by atoms with Gasteiger partial charge in [-0.25, -0.2) is 9.98 Å². The number of ether oxygens (including phenoxy) is 1. The number of aryl methyl sites for hydroxylation is 1. The van der Waals surface area contributed by atoms with Crippen molar-refractivity contribution in [1.29, 1.82) is 0 Å². The lowest BCUT2D eigenvalue weighted by Crippen LogP contribution is -2.03. The Morgan fingerprint density at radius 2 is 1.57 bits per heavy atom. The van der Waals surface area contributed by atoms with Crippen molar-refractivity contribution < 1.29 is 4.74 Å². The average molecular weight is 188 g/mol. The highest BCUT2D eigenvalue weighted by atomic mass is 16.5. The molecule has 0 aromatic heterocycles. The predicted molar refractivity (Wildman–Crippen MR) is 57.8 cm³/mol. The second-order valence-electron chi connectivity index (χ2n) is 3.36. The number of benzene rings is 1. The largest absolute Gasteiger partial charge is 0.429 e. The number of aliphatic imine (C=N–C) groups is 2. The summed E-state index contributed by atoms with van der Waals surface area (Å²) in [6.45, 7) is 5.69. The van der Waals surface area contributed by atoms with Crippen LogP contribution in [0, 0.1) is 6.92 Å². The zero-order valence-electron chi connectivity index (χ0n) is 8.53. The van der Waals surface area contributed by atoms with Gasteiger partial charge in [0.1, 0.15) is 0 Å². The van der Waals surface area contributed by atoms with Crippen LogP contribution >= 0.6 is 0 Å². The van der Waals surface area contributed by atoms with Crippen LogP contribution in [0.2, 0.25) is 0 Å². The van der Waals surface area contributed by atoms with Crippen molar-refractivity contribution in [1.82, 2.24) is 0 Å². The van der Waals surface area contributed by atoms with Crippen LogP contribution in [-0.2, 0) is 4.74 Å². The first-order valence-corrected chi connectivity index (χ1v) is 4.54. The van der Waals surface area contributed by atoms with Crippen molar-refractivity contribution in [3.05, 3.63) is 23.8 Å². The molecule has 0 saturated heterocycles. The number of rotatable bonds is 0. The van der Waals surface area contributed by atoms with E-state index in [9.17, 15) is 0 Å². The fraction of sp³-hybridized carbons (Fsp3) is 0.273. The van der Waals surface area contributed by atoms with Gasteiger partial charge in [-0.2, -0.15) is 0 Å². The first kappa shape index (κ1) is 8.94. The summed E-state index contributed by atoms with van der Waals surface area (Å²) in [5.41, 5.74) is 2.92. The standard InChI is InChI=1S/C11H12N2O/c1-7-4-5-10-11(6-7)13-9(3)14-8(2)12-10/h4-6H,1-3H3. The Balaban J connectivity index is 2.61. The molecule has 0 atom stereocenters. The smallest absolute Gasteiger partial charge is 0.193 e. The van der Waals surface area contributed by atoms with Crippen LogP contribution in [0.5, 0.6) is 0 Å². The first-order chi connectivity index (χ1) is 6.65. The Morgan fingerprint density at radius 1 is 0.929 bits per heavy atom. The molecule has 0 aliphatic carbocycles. The fourth-order valence-corrected chi connectivity index (χ4v) is 1.42. The molecule has 72 valence electrons. The summed E-state index contributed by atoms with van der Waals surface area (Å²) >= 11 is 0. The third-order valence-electron chi connectivity index (χ3n) is 1.98. The van der Waals surface area contributed by atoms with Gasteiger partial charge in [-0.1, -0.05) is 6.07 Å². The molecule has 3 nitrogen and oxygen atoms in total. The van der Waals surface area contributed by atoms with Gasteiger partial charge in [-0.15, -0.1) is 0 Å². The van der Waals surface area contributed by atoms with Gasteiger partial charge >= 0.3 is 0 Å². The van der Waals surface area contributed by atoms with E-state index in [-0.39, 0.29) is 0 Å². The summed E-state index contributed by atoms with van der Waals surface area (Å²) in [4.78, 5) is 8.64. The van der Waals surface area contributed by atoms with E-state index < -0.39 is 0 Å². The number of nitrogens with zero attached hydrogens (tertiary/aromatic N) is 2. The third kappa shape index (κ3) is 1.66. The van der Waals surface area contributed by atoms with E-state index in [1.54, 1.807) is 0 Å². The minimum Gasteiger partial charge on any atom is -0.429 e. The minimum atomic E-state index is 0.633. The summed E-state index contributed by atoms with van der Waals surface area (Å²) in [6, 6.07) is 5.98. The number of fused-ring (bicyclic) bond motifs is 1. The maximum Gasteiger partial charge on any atom is 0.193 e. The topological polar surface area (TPSA) is 34.0 Å². The molecule has 0 amide bonds. The van der Waals surface area contributed by atoms with Gasteiger partial charge in [0.2, 0.25) is 0 Å².